The molecule has 130 valence electrons. The van der Waals surface area contributed by atoms with Crippen molar-refractivity contribution < 1.29 is 9.59 Å². The zero-order valence-corrected chi connectivity index (χ0v) is 14.8. The van der Waals surface area contributed by atoms with Gasteiger partial charge in [-0.1, -0.05) is 42.5 Å². The Balaban J connectivity index is 1.72. The van der Waals surface area contributed by atoms with E-state index in [1.165, 1.54) is 0 Å². The fourth-order valence-electron chi connectivity index (χ4n) is 3.11. The molecule has 1 aliphatic rings. The summed E-state index contributed by atoms with van der Waals surface area (Å²) < 4.78 is 0. The maximum atomic E-state index is 13.1. The van der Waals surface area contributed by atoms with Crippen LogP contribution in [-0.4, -0.2) is 18.4 Å². The average molecular weight is 336 g/mol. The highest BCUT2D eigenvalue weighted by molar-refractivity contribution is 6.14. The lowest BCUT2D eigenvalue weighted by Crippen LogP contribution is -2.45. The molecule has 1 N–H and O–H groups in total. The van der Waals surface area contributed by atoms with Crippen LogP contribution in [0.2, 0.25) is 0 Å². The van der Waals surface area contributed by atoms with Crippen molar-refractivity contribution in [3.05, 3.63) is 65.7 Å². The Bertz CT molecular complexity index is 766. The van der Waals surface area contributed by atoms with Crippen molar-refractivity contribution in [1.82, 2.24) is 5.32 Å². The van der Waals surface area contributed by atoms with Crippen LogP contribution in [0.15, 0.2) is 54.6 Å². The molecule has 1 aliphatic carbocycles. The van der Waals surface area contributed by atoms with Crippen molar-refractivity contribution in [2.75, 3.05) is 11.4 Å². The van der Waals surface area contributed by atoms with Gasteiger partial charge in [-0.25, -0.2) is 0 Å². The third kappa shape index (κ3) is 3.58. The summed E-state index contributed by atoms with van der Waals surface area (Å²) in [4.78, 5) is 27.5. The highest BCUT2D eigenvalue weighted by Gasteiger charge is 2.57. The minimum atomic E-state index is -0.894. The molecular weight excluding hydrogens is 312 g/mol. The van der Waals surface area contributed by atoms with Gasteiger partial charge in [0.2, 0.25) is 11.8 Å². The smallest absolute Gasteiger partial charge is 0.242 e. The normalized spacial score (nSPS) is 14.6. The third-order valence-corrected chi connectivity index (χ3v) is 4.76. The van der Waals surface area contributed by atoms with Crippen LogP contribution in [0.4, 0.5) is 5.69 Å². The summed E-state index contributed by atoms with van der Waals surface area (Å²) in [6.45, 7) is 4.95. The molecule has 0 aliphatic heterocycles. The maximum absolute atomic E-state index is 13.1. The number of benzene rings is 2. The van der Waals surface area contributed by atoms with Crippen LogP contribution < -0.4 is 10.2 Å². The second-order valence-corrected chi connectivity index (χ2v) is 6.64. The quantitative estimate of drug-likeness (QED) is 0.822. The van der Waals surface area contributed by atoms with Gasteiger partial charge in [-0.15, -0.1) is 0 Å². The molecule has 2 amide bonds. The van der Waals surface area contributed by atoms with Crippen LogP contribution in [0.25, 0.3) is 0 Å². The number of nitrogens with one attached hydrogen (secondary N) is 1. The number of hydrogen-bond donors (Lipinski definition) is 1. The molecule has 1 saturated carbocycles. The van der Waals surface area contributed by atoms with Crippen molar-refractivity contribution in [3.8, 4) is 0 Å². The first-order valence-corrected chi connectivity index (χ1v) is 8.78. The van der Waals surface area contributed by atoms with Crippen LogP contribution in [0, 0.1) is 12.3 Å². The van der Waals surface area contributed by atoms with Crippen LogP contribution >= 0.6 is 0 Å². The summed E-state index contributed by atoms with van der Waals surface area (Å²) in [7, 11) is 0. The molecule has 0 spiro atoms. The summed E-state index contributed by atoms with van der Waals surface area (Å²) >= 11 is 0. The molecule has 3 rings (SSSR count). The molecule has 0 aromatic heterocycles. The van der Waals surface area contributed by atoms with E-state index < -0.39 is 5.41 Å². The summed E-state index contributed by atoms with van der Waals surface area (Å²) in [5.74, 6) is -0.251. The Morgan fingerprint density at radius 3 is 2.40 bits per heavy atom. The van der Waals surface area contributed by atoms with Gasteiger partial charge < -0.3 is 10.2 Å². The fraction of sp³-hybridized carbons (Fsp3) is 0.333. The molecule has 0 atom stereocenters. The van der Waals surface area contributed by atoms with Crippen molar-refractivity contribution in [3.63, 3.8) is 0 Å². The van der Waals surface area contributed by atoms with Gasteiger partial charge in [0, 0.05) is 18.8 Å². The zero-order valence-electron chi connectivity index (χ0n) is 14.8. The number of hydrogen-bond acceptors (Lipinski definition) is 2. The molecule has 0 unspecified atom stereocenters. The predicted molar refractivity (Wildman–Crippen MR) is 99.2 cm³/mol. The lowest BCUT2D eigenvalue weighted by atomic mass is 10.0. The van der Waals surface area contributed by atoms with Gasteiger partial charge in [0.05, 0.1) is 0 Å². The second kappa shape index (κ2) is 7.09. The molecule has 0 radical (unpaired) electrons. The SMILES string of the molecule is CCN(C(=O)C1(C(=O)NCc2ccccc2)CC1)c1cccc(C)c1. The van der Waals surface area contributed by atoms with E-state index in [1.807, 2.05) is 68.4 Å². The molecule has 1 fully saturated rings. The Morgan fingerprint density at radius 2 is 1.80 bits per heavy atom. The van der Waals surface area contributed by atoms with Gasteiger partial charge >= 0.3 is 0 Å². The maximum Gasteiger partial charge on any atom is 0.242 e. The average Bonchev–Trinajstić information content (AvgIpc) is 3.43. The molecule has 4 nitrogen and oxygen atoms in total. The summed E-state index contributed by atoms with van der Waals surface area (Å²) in [5, 5.41) is 2.94. The Labute approximate surface area is 148 Å². The number of amides is 2. The molecule has 25 heavy (non-hydrogen) atoms. The van der Waals surface area contributed by atoms with Gasteiger partial charge in [0.1, 0.15) is 5.41 Å². The number of anilines is 1. The van der Waals surface area contributed by atoms with Gasteiger partial charge in [0.15, 0.2) is 0 Å². The monoisotopic (exact) mass is 336 g/mol. The molecule has 0 heterocycles. The Morgan fingerprint density at radius 1 is 1.08 bits per heavy atom. The van der Waals surface area contributed by atoms with E-state index in [2.05, 4.69) is 5.32 Å². The number of aryl methyl sites for hydroxylation is 1. The lowest BCUT2D eigenvalue weighted by molar-refractivity contribution is -0.135. The second-order valence-electron chi connectivity index (χ2n) is 6.64. The van der Waals surface area contributed by atoms with Gasteiger partial charge in [-0.05, 0) is 49.9 Å². The highest BCUT2D eigenvalue weighted by Crippen LogP contribution is 2.48. The van der Waals surface area contributed by atoms with Crippen molar-refractivity contribution >= 4 is 17.5 Å². The largest absolute Gasteiger partial charge is 0.351 e. The van der Waals surface area contributed by atoms with E-state index in [-0.39, 0.29) is 11.8 Å². The van der Waals surface area contributed by atoms with Gasteiger partial charge in [-0.3, -0.25) is 9.59 Å². The standard InChI is InChI=1S/C21H24N2O2/c1-3-23(18-11-7-8-16(2)14-18)20(25)21(12-13-21)19(24)22-15-17-9-5-4-6-10-17/h4-11,14H,3,12-13,15H2,1-2H3,(H,22,24). The Hall–Kier alpha value is -2.62. The fourth-order valence-corrected chi connectivity index (χ4v) is 3.11. The van der Waals surface area contributed by atoms with Crippen LogP contribution in [0.3, 0.4) is 0 Å². The summed E-state index contributed by atoms with van der Waals surface area (Å²) in [5.41, 5.74) is 2.09. The molecule has 0 saturated heterocycles. The molecule has 0 bridgehead atoms. The zero-order chi connectivity index (χ0) is 17.9. The lowest BCUT2D eigenvalue weighted by Gasteiger charge is -2.26. The highest BCUT2D eigenvalue weighted by atomic mass is 16.2. The van der Waals surface area contributed by atoms with E-state index in [9.17, 15) is 9.59 Å². The minimum Gasteiger partial charge on any atom is -0.351 e. The van der Waals surface area contributed by atoms with Crippen LogP contribution in [-0.2, 0) is 16.1 Å². The molecule has 2 aromatic carbocycles. The molecular formula is C21H24N2O2. The first kappa shape index (κ1) is 17.2. The van der Waals surface area contributed by atoms with Crippen LogP contribution in [0.1, 0.15) is 30.9 Å². The van der Waals surface area contributed by atoms with Crippen molar-refractivity contribution in [2.24, 2.45) is 5.41 Å². The van der Waals surface area contributed by atoms with E-state index in [1.54, 1.807) is 4.90 Å². The van der Waals surface area contributed by atoms with Gasteiger partial charge in [0.25, 0.3) is 0 Å². The number of carbonyl (C=O) groups is 2. The summed E-state index contributed by atoms with van der Waals surface area (Å²) in [6.07, 6.45) is 1.24. The number of rotatable bonds is 6. The van der Waals surface area contributed by atoms with E-state index >= 15 is 0 Å². The molecule has 4 heteroatoms. The van der Waals surface area contributed by atoms with Crippen molar-refractivity contribution in [2.45, 2.75) is 33.2 Å². The number of nitrogens with zero attached hydrogens (tertiary/aromatic N) is 1. The third-order valence-electron chi connectivity index (χ3n) is 4.76. The van der Waals surface area contributed by atoms with Crippen molar-refractivity contribution in [1.29, 1.82) is 0 Å². The first-order chi connectivity index (χ1) is 12.1. The topological polar surface area (TPSA) is 49.4 Å². The predicted octanol–water partition coefficient (Wildman–Crippen LogP) is 3.44. The first-order valence-electron chi connectivity index (χ1n) is 8.78. The molecule has 2 aromatic rings. The Kier molecular flexibility index (Phi) is 4.88. The van der Waals surface area contributed by atoms with Crippen LogP contribution in [0.5, 0.6) is 0 Å². The number of carbonyl (C=O) groups excluding carboxylic acids is 2. The van der Waals surface area contributed by atoms with E-state index in [0.29, 0.717) is 25.9 Å². The van der Waals surface area contributed by atoms with Gasteiger partial charge in [-0.2, -0.15) is 0 Å². The van der Waals surface area contributed by atoms with E-state index in [0.717, 1.165) is 16.8 Å². The summed E-state index contributed by atoms with van der Waals surface area (Å²) in [6, 6.07) is 17.6. The van der Waals surface area contributed by atoms with E-state index in [4.69, 9.17) is 0 Å². The minimum absolute atomic E-state index is 0.0915.